The molecule has 0 amide bonds. The number of pyridine rings is 1. The number of hydrogen-bond acceptors (Lipinski definition) is 7. The molecule has 3 N–H and O–H groups in total. The van der Waals surface area contributed by atoms with Crippen LogP contribution in [0.2, 0.25) is 0 Å². The SMILES string of the molecule is COc1ccccc1CNc1cc(-c2ccncc2)nc(N[C@H](CO)C(C)C)n1. The maximum absolute atomic E-state index is 9.67. The van der Waals surface area contributed by atoms with Gasteiger partial charge < -0.3 is 20.5 Å². The molecule has 2 aromatic heterocycles. The van der Waals surface area contributed by atoms with E-state index in [1.165, 1.54) is 0 Å². The molecule has 1 aromatic carbocycles. The maximum Gasteiger partial charge on any atom is 0.225 e. The van der Waals surface area contributed by atoms with Crippen molar-refractivity contribution < 1.29 is 9.84 Å². The standard InChI is InChI=1S/C22H27N5O2/c1-15(2)19(14-28)26-22-25-18(16-8-10-23-11-9-16)12-21(27-22)24-13-17-6-4-5-7-20(17)29-3/h4-12,15,19,28H,13-14H2,1-3H3,(H2,24,25,26,27)/t19-/m1/s1. The molecule has 0 fully saturated rings. The summed E-state index contributed by atoms with van der Waals surface area (Å²) in [6, 6.07) is 13.4. The molecule has 29 heavy (non-hydrogen) atoms. The smallest absolute Gasteiger partial charge is 0.225 e. The lowest BCUT2D eigenvalue weighted by atomic mass is 10.1. The summed E-state index contributed by atoms with van der Waals surface area (Å²) < 4.78 is 5.42. The fourth-order valence-corrected chi connectivity index (χ4v) is 2.90. The molecule has 1 atom stereocenters. The molecule has 0 spiro atoms. The van der Waals surface area contributed by atoms with Gasteiger partial charge >= 0.3 is 0 Å². The number of nitrogens with one attached hydrogen (secondary N) is 2. The highest BCUT2D eigenvalue weighted by molar-refractivity contribution is 5.64. The van der Waals surface area contributed by atoms with Crippen molar-refractivity contribution in [3.63, 3.8) is 0 Å². The van der Waals surface area contributed by atoms with E-state index in [4.69, 9.17) is 4.74 Å². The van der Waals surface area contributed by atoms with Gasteiger partial charge in [-0.1, -0.05) is 32.0 Å². The molecular formula is C22H27N5O2. The Morgan fingerprint density at radius 3 is 2.52 bits per heavy atom. The zero-order chi connectivity index (χ0) is 20.6. The first-order chi connectivity index (χ1) is 14.1. The first kappa shape index (κ1) is 20.5. The number of aromatic nitrogens is 3. The second-order valence-corrected chi connectivity index (χ2v) is 7.04. The molecule has 0 aliphatic rings. The monoisotopic (exact) mass is 393 g/mol. The van der Waals surface area contributed by atoms with E-state index in [9.17, 15) is 5.11 Å². The van der Waals surface area contributed by atoms with E-state index in [2.05, 4.69) is 25.6 Å². The van der Waals surface area contributed by atoms with E-state index in [1.807, 2.05) is 56.3 Å². The highest BCUT2D eigenvalue weighted by atomic mass is 16.5. The molecule has 0 unspecified atom stereocenters. The van der Waals surface area contributed by atoms with Crippen LogP contribution in [0.5, 0.6) is 5.75 Å². The van der Waals surface area contributed by atoms with Crippen LogP contribution in [0.3, 0.4) is 0 Å². The van der Waals surface area contributed by atoms with Gasteiger partial charge in [0, 0.05) is 36.1 Å². The minimum absolute atomic E-state index is 0.00445. The molecule has 3 rings (SSSR count). The number of ether oxygens (including phenoxy) is 1. The van der Waals surface area contributed by atoms with Crippen LogP contribution >= 0.6 is 0 Å². The number of aliphatic hydroxyl groups excluding tert-OH is 1. The van der Waals surface area contributed by atoms with E-state index in [0.29, 0.717) is 18.3 Å². The van der Waals surface area contributed by atoms with Gasteiger partial charge in [0.15, 0.2) is 0 Å². The minimum atomic E-state index is -0.134. The van der Waals surface area contributed by atoms with Crippen LogP contribution in [0.4, 0.5) is 11.8 Å². The molecule has 0 aliphatic heterocycles. The molecule has 152 valence electrons. The van der Waals surface area contributed by atoms with Crippen molar-refractivity contribution >= 4 is 11.8 Å². The highest BCUT2D eigenvalue weighted by Gasteiger charge is 2.15. The predicted octanol–water partition coefficient (Wildman–Crippen LogP) is 3.59. The minimum Gasteiger partial charge on any atom is -0.496 e. The van der Waals surface area contributed by atoms with Gasteiger partial charge in [0.05, 0.1) is 25.5 Å². The average Bonchev–Trinajstić information content (AvgIpc) is 2.76. The van der Waals surface area contributed by atoms with Gasteiger partial charge in [-0.25, -0.2) is 4.98 Å². The molecular weight excluding hydrogens is 366 g/mol. The molecule has 0 saturated heterocycles. The third-order valence-electron chi connectivity index (χ3n) is 4.67. The fraction of sp³-hybridized carbons (Fsp3) is 0.318. The Hall–Kier alpha value is -3.19. The lowest BCUT2D eigenvalue weighted by molar-refractivity contribution is 0.248. The summed E-state index contributed by atoms with van der Waals surface area (Å²) in [5, 5.41) is 16.3. The van der Waals surface area contributed by atoms with E-state index < -0.39 is 0 Å². The highest BCUT2D eigenvalue weighted by Crippen LogP contribution is 2.23. The van der Waals surface area contributed by atoms with Gasteiger partial charge in [-0.05, 0) is 24.1 Å². The number of rotatable bonds is 9. The number of benzene rings is 1. The van der Waals surface area contributed by atoms with Crippen molar-refractivity contribution in [2.75, 3.05) is 24.4 Å². The van der Waals surface area contributed by atoms with Crippen LogP contribution in [0.25, 0.3) is 11.3 Å². The van der Waals surface area contributed by atoms with Gasteiger partial charge in [-0.3, -0.25) is 4.98 Å². The fourth-order valence-electron chi connectivity index (χ4n) is 2.90. The first-order valence-corrected chi connectivity index (χ1v) is 9.63. The van der Waals surface area contributed by atoms with Crippen LogP contribution in [0.15, 0.2) is 54.9 Å². The van der Waals surface area contributed by atoms with Crippen molar-refractivity contribution in [2.45, 2.75) is 26.4 Å². The van der Waals surface area contributed by atoms with Gasteiger partial charge in [0.25, 0.3) is 0 Å². The second-order valence-electron chi connectivity index (χ2n) is 7.04. The Kier molecular flexibility index (Phi) is 6.97. The largest absolute Gasteiger partial charge is 0.496 e. The molecule has 2 heterocycles. The molecule has 0 radical (unpaired) electrons. The lowest BCUT2D eigenvalue weighted by Gasteiger charge is -2.21. The third kappa shape index (κ3) is 5.42. The number of para-hydroxylation sites is 1. The number of anilines is 2. The quantitative estimate of drug-likeness (QED) is 0.512. The third-order valence-corrected chi connectivity index (χ3v) is 4.67. The topological polar surface area (TPSA) is 92.2 Å². The molecule has 0 aliphatic carbocycles. The van der Waals surface area contributed by atoms with Crippen LogP contribution in [0.1, 0.15) is 19.4 Å². The first-order valence-electron chi connectivity index (χ1n) is 9.63. The summed E-state index contributed by atoms with van der Waals surface area (Å²) in [4.78, 5) is 13.3. The number of aliphatic hydroxyl groups is 1. The van der Waals surface area contributed by atoms with E-state index in [1.54, 1.807) is 19.5 Å². The van der Waals surface area contributed by atoms with Gasteiger partial charge in [0.2, 0.25) is 5.95 Å². The van der Waals surface area contributed by atoms with Crippen LogP contribution < -0.4 is 15.4 Å². The van der Waals surface area contributed by atoms with Gasteiger partial charge in [0.1, 0.15) is 11.6 Å². The zero-order valence-corrected chi connectivity index (χ0v) is 17.0. The number of hydrogen-bond donors (Lipinski definition) is 3. The molecule has 7 heteroatoms. The summed E-state index contributed by atoms with van der Waals surface area (Å²) in [5.74, 6) is 2.20. The summed E-state index contributed by atoms with van der Waals surface area (Å²) >= 11 is 0. The summed E-state index contributed by atoms with van der Waals surface area (Å²) in [5.41, 5.74) is 2.74. The van der Waals surface area contributed by atoms with Gasteiger partial charge in [-0.15, -0.1) is 0 Å². The van der Waals surface area contributed by atoms with Crippen molar-refractivity contribution in [1.29, 1.82) is 0 Å². The molecule has 3 aromatic rings. The Morgan fingerprint density at radius 2 is 1.83 bits per heavy atom. The molecule has 0 bridgehead atoms. The van der Waals surface area contributed by atoms with Crippen molar-refractivity contribution in [3.8, 4) is 17.0 Å². The van der Waals surface area contributed by atoms with Crippen LogP contribution in [0, 0.1) is 5.92 Å². The number of nitrogens with zero attached hydrogens (tertiary/aromatic N) is 3. The predicted molar refractivity (Wildman–Crippen MR) is 115 cm³/mol. The average molecular weight is 393 g/mol. The van der Waals surface area contributed by atoms with E-state index in [-0.39, 0.29) is 18.6 Å². The maximum atomic E-state index is 9.67. The Morgan fingerprint density at radius 1 is 1.07 bits per heavy atom. The van der Waals surface area contributed by atoms with Crippen LogP contribution in [-0.2, 0) is 6.54 Å². The van der Waals surface area contributed by atoms with Crippen molar-refractivity contribution in [3.05, 3.63) is 60.4 Å². The summed E-state index contributed by atoms with van der Waals surface area (Å²) in [7, 11) is 1.66. The summed E-state index contributed by atoms with van der Waals surface area (Å²) in [6.07, 6.45) is 3.47. The molecule has 7 nitrogen and oxygen atoms in total. The normalized spacial score (nSPS) is 11.9. The molecule has 0 saturated carbocycles. The summed E-state index contributed by atoms with van der Waals surface area (Å²) in [6.45, 7) is 4.65. The van der Waals surface area contributed by atoms with Crippen LogP contribution in [-0.4, -0.2) is 39.8 Å². The Balaban J connectivity index is 1.89. The Bertz CT molecular complexity index is 918. The Labute approximate surface area is 171 Å². The number of methoxy groups -OCH3 is 1. The zero-order valence-electron chi connectivity index (χ0n) is 17.0. The van der Waals surface area contributed by atoms with E-state index >= 15 is 0 Å². The van der Waals surface area contributed by atoms with Crippen molar-refractivity contribution in [2.24, 2.45) is 5.92 Å². The van der Waals surface area contributed by atoms with Gasteiger partial charge in [-0.2, -0.15) is 4.98 Å². The van der Waals surface area contributed by atoms with Crippen molar-refractivity contribution in [1.82, 2.24) is 15.0 Å². The lowest BCUT2D eigenvalue weighted by Crippen LogP contribution is -2.30. The second kappa shape index (κ2) is 9.84. The van der Waals surface area contributed by atoms with E-state index in [0.717, 1.165) is 22.6 Å².